The molecule has 2 atom stereocenters. The van der Waals surface area contributed by atoms with Gasteiger partial charge in [0.2, 0.25) is 0 Å². The summed E-state index contributed by atoms with van der Waals surface area (Å²) in [7, 11) is 1.71. The molecule has 0 spiro atoms. The summed E-state index contributed by atoms with van der Waals surface area (Å²) in [5, 5.41) is 3.52. The van der Waals surface area contributed by atoms with E-state index in [1.54, 1.807) is 7.11 Å². The first-order valence-corrected chi connectivity index (χ1v) is 7.07. The SMILES string of the molecule is CCCC(COC)NC(C)c1ccc(F)cc1Br. The van der Waals surface area contributed by atoms with Gasteiger partial charge in [-0.1, -0.05) is 35.3 Å². The van der Waals surface area contributed by atoms with Crippen LogP contribution in [0.15, 0.2) is 22.7 Å². The predicted octanol–water partition coefficient (Wildman–Crippen LogP) is 4.05. The van der Waals surface area contributed by atoms with E-state index in [1.807, 2.05) is 6.07 Å². The lowest BCUT2D eigenvalue weighted by Crippen LogP contribution is -2.35. The third-order valence-corrected chi connectivity index (χ3v) is 3.61. The number of hydrogen-bond donors (Lipinski definition) is 1. The molecule has 1 rings (SSSR count). The molecule has 0 amide bonds. The van der Waals surface area contributed by atoms with Crippen molar-refractivity contribution >= 4 is 15.9 Å². The Balaban J connectivity index is 2.70. The van der Waals surface area contributed by atoms with E-state index in [0.717, 1.165) is 22.9 Å². The highest BCUT2D eigenvalue weighted by atomic mass is 79.9. The van der Waals surface area contributed by atoms with Crippen LogP contribution in [-0.2, 0) is 4.74 Å². The van der Waals surface area contributed by atoms with Crippen LogP contribution >= 0.6 is 15.9 Å². The second kappa shape index (κ2) is 7.87. The van der Waals surface area contributed by atoms with Crippen LogP contribution in [0.5, 0.6) is 0 Å². The Morgan fingerprint density at radius 2 is 2.17 bits per heavy atom. The topological polar surface area (TPSA) is 21.3 Å². The minimum Gasteiger partial charge on any atom is -0.383 e. The number of halogens is 2. The van der Waals surface area contributed by atoms with Gasteiger partial charge < -0.3 is 10.1 Å². The summed E-state index contributed by atoms with van der Waals surface area (Å²) < 4.78 is 19.1. The molecule has 2 nitrogen and oxygen atoms in total. The number of hydrogen-bond acceptors (Lipinski definition) is 2. The van der Waals surface area contributed by atoms with Crippen molar-refractivity contribution in [2.24, 2.45) is 0 Å². The van der Waals surface area contributed by atoms with Crippen molar-refractivity contribution in [2.75, 3.05) is 13.7 Å². The van der Waals surface area contributed by atoms with E-state index in [-0.39, 0.29) is 11.9 Å². The quantitative estimate of drug-likeness (QED) is 0.819. The summed E-state index contributed by atoms with van der Waals surface area (Å²) in [6.45, 7) is 4.93. The third kappa shape index (κ3) is 4.67. The Hall–Kier alpha value is -0.450. The maximum Gasteiger partial charge on any atom is 0.124 e. The third-order valence-electron chi connectivity index (χ3n) is 2.92. The highest BCUT2D eigenvalue weighted by Gasteiger charge is 2.15. The molecule has 1 aromatic carbocycles. The molecule has 4 heteroatoms. The van der Waals surface area contributed by atoms with Gasteiger partial charge in [-0.3, -0.25) is 0 Å². The molecule has 0 fully saturated rings. The number of benzene rings is 1. The zero-order valence-corrected chi connectivity index (χ0v) is 12.8. The van der Waals surface area contributed by atoms with Crippen LogP contribution in [0.4, 0.5) is 4.39 Å². The molecule has 0 saturated carbocycles. The maximum absolute atomic E-state index is 13.0. The minimum absolute atomic E-state index is 0.159. The fourth-order valence-electron chi connectivity index (χ4n) is 2.06. The van der Waals surface area contributed by atoms with Crippen molar-refractivity contribution in [3.05, 3.63) is 34.1 Å². The lowest BCUT2D eigenvalue weighted by Gasteiger charge is -2.23. The Morgan fingerprint density at radius 1 is 1.44 bits per heavy atom. The molecule has 0 aliphatic heterocycles. The predicted molar refractivity (Wildman–Crippen MR) is 76.2 cm³/mol. The summed E-state index contributed by atoms with van der Waals surface area (Å²) in [4.78, 5) is 0. The summed E-state index contributed by atoms with van der Waals surface area (Å²) in [5.74, 6) is -0.222. The monoisotopic (exact) mass is 317 g/mol. The largest absolute Gasteiger partial charge is 0.383 e. The van der Waals surface area contributed by atoms with Crippen LogP contribution in [0.3, 0.4) is 0 Å². The Labute approximate surface area is 117 Å². The summed E-state index contributed by atoms with van der Waals surface area (Å²) in [6, 6.07) is 5.29. The molecule has 0 aliphatic rings. The zero-order valence-electron chi connectivity index (χ0n) is 11.2. The number of ether oxygens (including phenoxy) is 1. The van der Waals surface area contributed by atoms with Crippen LogP contribution in [0.1, 0.15) is 38.3 Å². The molecular weight excluding hydrogens is 297 g/mol. The summed E-state index contributed by atoms with van der Waals surface area (Å²) in [5.41, 5.74) is 1.06. The number of rotatable bonds is 7. The van der Waals surface area contributed by atoms with E-state index in [9.17, 15) is 4.39 Å². The van der Waals surface area contributed by atoms with Crippen molar-refractivity contribution in [1.82, 2.24) is 5.32 Å². The smallest absolute Gasteiger partial charge is 0.124 e. The van der Waals surface area contributed by atoms with Gasteiger partial charge >= 0.3 is 0 Å². The van der Waals surface area contributed by atoms with Crippen molar-refractivity contribution in [3.8, 4) is 0 Å². The number of methoxy groups -OCH3 is 1. The molecule has 18 heavy (non-hydrogen) atoms. The van der Waals surface area contributed by atoms with E-state index >= 15 is 0 Å². The summed E-state index contributed by atoms with van der Waals surface area (Å²) >= 11 is 3.40. The normalized spacial score (nSPS) is 14.5. The van der Waals surface area contributed by atoms with E-state index in [0.29, 0.717) is 12.6 Å². The van der Waals surface area contributed by atoms with Crippen LogP contribution in [0.2, 0.25) is 0 Å². The summed E-state index contributed by atoms with van der Waals surface area (Å²) in [6.07, 6.45) is 2.18. The molecule has 2 unspecified atom stereocenters. The molecule has 0 heterocycles. The highest BCUT2D eigenvalue weighted by Crippen LogP contribution is 2.24. The number of nitrogens with one attached hydrogen (secondary N) is 1. The molecule has 1 N–H and O–H groups in total. The fraction of sp³-hybridized carbons (Fsp3) is 0.571. The van der Waals surface area contributed by atoms with Gasteiger partial charge in [0.1, 0.15) is 5.82 Å². The Morgan fingerprint density at radius 3 is 2.72 bits per heavy atom. The molecule has 0 aromatic heterocycles. The first-order valence-electron chi connectivity index (χ1n) is 6.28. The average molecular weight is 318 g/mol. The maximum atomic E-state index is 13.0. The van der Waals surface area contributed by atoms with Crippen molar-refractivity contribution < 1.29 is 9.13 Å². The molecular formula is C14H21BrFNO. The van der Waals surface area contributed by atoms with Crippen LogP contribution in [0, 0.1) is 5.82 Å². The van der Waals surface area contributed by atoms with E-state index < -0.39 is 0 Å². The van der Waals surface area contributed by atoms with Gasteiger partial charge in [0, 0.05) is 23.7 Å². The fourth-order valence-corrected chi connectivity index (χ4v) is 2.75. The van der Waals surface area contributed by atoms with Gasteiger partial charge in [-0.15, -0.1) is 0 Å². The second-order valence-electron chi connectivity index (χ2n) is 4.50. The van der Waals surface area contributed by atoms with E-state index in [1.165, 1.54) is 12.1 Å². The van der Waals surface area contributed by atoms with E-state index in [2.05, 4.69) is 35.1 Å². The highest BCUT2D eigenvalue weighted by molar-refractivity contribution is 9.10. The molecule has 0 radical (unpaired) electrons. The Kier molecular flexibility index (Phi) is 6.82. The van der Waals surface area contributed by atoms with Crippen LogP contribution < -0.4 is 5.32 Å². The van der Waals surface area contributed by atoms with Crippen molar-refractivity contribution in [2.45, 2.75) is 38.8 Å². The second-order valence-corrected chi connectivity index (χ2v) is 5.35. The first-order chi connectivity index (χ1) is 8.58. The molecule has 0 bridgehead atoms. The van der Waals surface area contributed by atoms with Gasteiger partial charge in [-0.2, -0.15) is 0 Å². The lowest BCUT2D eigenvalue weighted by atomic mass is 10.1. The molecule has 1 aromatic rings. The van der Waals surface area contributed by atoms with Gasteiger partial charge in [-0.05, 0) is 31.0 Å². The first kappa shape index (κ1) is 15.6. The Bertz CT molecular complexity index is 367. The standard InChI is InChI=1S/C14H21BrFNO/c1-4-5-12(9-18-3)17-10(2)13-7-6-11(16)8-14(13)15/h6-8,10,12,17H,4-5,9H2,1-3H3. The lowest BCUT2D eigenvalue weighted by molar-refractivity contribution is 0.157. The molecule has 0 saturated heterocycles. The minimum atomic E-state index is -0.222. The average Bonchev–Trinajstić information content (AvgIpc) is 2.29. The van der Waals surface area contributed by atoms with Gasteiger partial charge in [0.15, 0.2) is 0 Å². The molecule has 102 valence electrons. The van der Waals surface area contributed by atoms with Gasteiger partial charge in [0.25, 0.3) is 0 Å². The van der Waals surface area contributed by atoms with Crippen LogP contribution in [-0.4, -0.2) is 19.8 Å². The van der Waals surface area contributed by atoms with E-state index in [4.69, 9.17) is 4.74 Å². The van der Waals surface area contributed by atoms with Gasteiger partial charge in [0.05, 0.1) is 6.61 Å². The van der Waals surface area contributed by atoms with Crippen molar-refractivity contribution in [1.29, 1.82) is 0 Å². The van der Waals surface area contributed by atoms with Crippen molar-refractivity contribution in [3.63, 3.8) is 0 Å². The molecule has 0 aliphatic carbocycles. The van der Waals surface area contributed by atoms with Gasteiger partial charge in [-0.25, -0.2) is 4.39 Å². The zero-order chi connectivity index (χ0) is 13.5. The van der Waals surface area contributed by atoms with Crippen LogP contribution in [0.25, 0.3) is 0 Å².